The van der Waals surface area contributed by atoms with Crippen molar-refractivity contribution in [1.82, 2.24) is 5.32 Å². The predicted octanol–water partition coefficient (Wildman–Crippen LogP) is 1.30. The normalized spacial score (nSPS) is 11.7. The van der Waals surface area contributed by atoms with E-state index in [1.165, 1.54) is 6.07 Å². The third-order valence-corrected chi connectivity index (χ3v) is 2.34. The number of urea groups is 1. The first-order chi connectivity index (χ1) is 8.52. The predicted molar refractivity (Wildman–Crippen MR) is 66.7 cm³/mol. The van der Waals surface area contributed by atoms with Crippen LogP contribution in [0.1, 0.15) is 6.42 Å². The average Bonchev–Trinajstić information content (AvgIpc) is 2.28. The van der Waals surface area contributed by atoms with Crippen molar-refractivity contribution in [2.24, 2.45) is 0 Å². The van der Waals surface area contributed by atoms with Crippen molar-refractivity contribution in [3.63, 3.8) is 0 Å². The second-order valence-electron chi connectivity index (χ2n) is 3.51. The Hall–Kier alpha value is -1.79. The molecule has 0 aliphatic heterocycles. The van der Waals surface area contributed by atoms with Crippen LogP contribution in [0.3, 0.4) is 0 Å². The molecule has 1 rings (SSSR count). The lowest BCUT2D eigenvalue weighted by Crippen LogP contribution is -2.43. The van der Waals surface area contributed by atoms with E-state index in [0.29, 0.717) is 10.7 Å². The number of hydrogen-bond acceptors (Lipinski definition) is 3. The van der Waals surface area contributed by atoms with E-state index in [1.54, 1.807) is 18.2 Å². The molecule has 0 fully saturated rings. The SMILES string of the molecule is O=C(Nc1cccc(Cl)c1)N[C@H](CCO)C(=O)O. The minimum Gasteiger partial charge on any atom is -0.480 e. The first kappa shape index (κ1) is 14.3. The minimum atomic E-state index is -1.20. The van der Waals surface area contributed by atoms with Crippen molar-refractivity contribution in [1.29, 1.82) is 0 Å². The van der Waals surface area contributed by atoms with E-state index in [-0.39, 0.29) is 13.0 Å². The fourth-order valence-corrected chi connectivity index (χ4v) is 1.47. The molecule has 0 unspecified atom stereocenters. The van der Waals surface area contributed by atoms with Gasteiger partial charge in [0.15, 0.2) is 0 Å². The van der Waals surface area contributed by atoms with Crippen molar-refractivity contribution in [2.45, 2.75) is 12.5 Å². The number of carbonyl (C=O) groups is 2. The molecule has 18 heavy (non-hydrogen) atoms. The van der Waals surface area contributed by atoms with E-state index in [9.17, 15) is 9.59 Å². The highest BCUT2D eigenvalue weighted by Gasteiger charge is 2.18. The Morgan fingerprint density at radius 3 is 2.67 bits per heavy atom. The van der Waals surface area contributed by atoms with Gasteiger partial charge in [0.2, 0.25) is 0 Å². The van der Waals surface area contributed by atoms with E-state index in [0.717, 1.165) is 0 Å². The smallest absolute Gasteiger partial charge is 0.326 e. The average molecular weight is 273 g/mol. The van der Waals surface area contributed by atoms with Gasteiger partial charge in [-0.15, -0.1) is 0 Å². The molecule has 0 aromatic heterocycles. The maximum absolute atomic E-state index is 11.5. The number of amides is 2. The number of rotatable bonds is 5. The van der Waals surface area contributed by atoms with Crippen molar-refractivity contribution >= 4 is 29.3 Å². The molecular weight excluding hydrogens is 260 g/mol. The molecule has 2 amide bonds. The summed E-state index contributed by atoms with van der Waals surface area (Å²) < 4.78 is 0. The number of aliphatic hydroxyl groups excluding tert-OH is 1. The van der Waals surface area contributed by atoms with Gasteiger partial charge in [-0.2, -0.15) is 0 Å². The fourth-order valence-electron chi connectivity index (χ4n) is 1.28. The van der Waals surface area contributed by atoms with Crippen molar-refractivity contribution in [3.8, 4) is 0 Å². The van der Waals surface area contributed by atoms with E-state index in [4.69, 9.17) is 21.8 Å². The summed E-state index contributed by atoms with van der Waals surface area (Å²) in [6, 6.07) is 4.65. The fraction of sp³-hybridized carbons (Fsp3) is 0.273. The molecule has 1 aromatic carbocycles. The number of carboxylic acid groups (broad SMARTS) is 1. The van der Waals surface area contributed by atoms with Crippen LogP contribution in [-0.4, -0.2) is 34.9 Å². The molecule has 1 atom stereocenters. The van der Waals surface area contributed by atoms with E-state index in [2.05, 4.69) is 10.6 Å². The lowest BCUT2D eigenvalue weighted by atomic mass is 10.2. The van der Waals surface area contributed by atoms with Gasteiger partial charge in [-0.3, -0.25) is 0 Å². The number of nitrogens with one attached hydrogen (secondary N) is 2. The molecule has 0 spiro atoms. The van der Waals surface area contributed by atoms with Crippen LogP contribution in [0.5, 0.6) is 0 Å². The topological polar surface area (TPSA) is 98.7 Å². The van der Waals surface area contributed by atoms with Crippen molar-refractivity contribution in [2.75, 3.05) is 11.9 Å². The van der Waals surface area contributed by atoms with Crippen LogP contribution in [0.25, 0.3) is 0 Å². The number of benzene rings is 1. The Bertz CT molecular complexity index is 439. The van der Waals surface area contributed by atoms with E-state index >= 15 is 0 Å². The third kappa shape index (κ3) is 4.60. The quantitative estimate of drug-likeness (QED) is 0.649. The second-order valence-corrected chi connectivity index (χ2v) is 3.95. The molecule has 4 N–H and O–H groups in total. The van der Waals surface area contributed by atoms with Gasteiger partial charge >= 0.3 is 12.0 Å². The number of halogens is 1. The van der Waals surface area contributed by atoms with Crippen LogP contribution < -0.4 is 10.6 Å². The minimum absolute atomic E-state index is 0.0572. The third-order valence-electron chi connectivity index (χ3n) is 2.10. The number of aliphatic hydroxyl groups is 1. The number of aliphatic carboxylic acids is 1. The lowest BCUT2D eigenvalue weighted by Gasteiger charge is -2.14. The molecule has 98 valence electrons. The van der Waals surface area contributed by atoms with E-state index < -0.39 is 18.0 Å². The molecule has 0 heterocycles. The number of carbonyl (C=O) groups excluding carboxylic acids is 1. The summed E-state index contributed by atoms with van der Waals surface area (Å²) in [5, 5.41) is 22.6. The summed E-state index contributed by atoms with van der Waals surface area (Å²) in [5.74, 6) is -1.20. The van der Waals surface area contributed by atoms with Gasteiger partial charge in [0.1, 0.15) is 6.04 Å². The summed E-state index contributed by atoms with van der Waals surface area (Å²) in [5.41, 5.74) is 0.452. The van der Waals surface area contributed by atoms with Crippen LogP contribution in [0.2, 0.25) is 5.02 Å². The molecule has 0 saturated carbocycles. The zero-order valence-electron chi connectivity index (χ0n) is 9.39. The first-order valence-corrected chi connectivity index (χ1v) is 5.57. The molecule has 0 saturated heterocycles. The van der Waals surface area contributed by atoms with Crippen LogP contribution in [0.4, 0.5) is 10.5 Å². The highest BCUT2D eigenvalue weighted by Crippen LogP contribution is 2.14. The van der Waals surface area contributed by atoms with Crippen LogP contribution in [-0.2, 0) is 4.79 Å². The van der Waals surface area contributed by atoms with Crippen molar-refractivity contribution in [3.05, 3.63) is 29.3 Å². The highest BCUT2D eigenvalue weighted by molar-refractivity contribution is 6.30. The summed E-state index contributed by atoms with van der Waals surface area (Å²) in [6.07, 6.45) is -0.0572. The van der Waals surface area contributed by atoms with Gasteiger partial charge in [-0.1, -0.05) is 17.7 Å². The van der Waals surface area contributed by atoms with Crippen LogP contribution in [0, 0.1) is 0 Å². The Labute approximate surface area is 109 Å². The molecule has 6 nitrogen and oxygen atoms in total. The second kappa shape index (κ2) is 6.83. The van der Waals surface area contributed by atoms with Crippen LogP contribution in [0.15, 0.2) is 24.3 Å². The molecule has 7 heteroatoms. The maximum Gasteiger partial charge on any atom is 0.326 e. The molecule has 0 radical (unpaired) electrons. The monoisotopic (exact) mass is 272 g/mol. The van der Waals surface area contributed by atoms with Gasteiger partial charge in [-0.05, 0) is 18.2 Å². The first-order valence-electron chi connectivity index (χ1n) is 5.19. The van der Waals surface area contributed by atoms with Gasteiger partial charge in [-0.25, -0.2) is 9.59 Å². The number of carboxylic acids is 1. The van der Waals surface area contributed by atoms with Gasteiger partial charge in [0.05, 0.1) is 0 Å². The van der Waals surface area contributed by atoms with Gasteiger partial charge in [0, 0.05) is 23.7 Å². The van der Waals surface area contributed by atoms with Gasteiger partial charge in [0.25, 0.3) is 0 Å². The summed E-state index contributed by atoms with van der Waals surface area (Å²) in [7, 11) is 0. The van der Waals surface area contributed by atoms with Gasteiger partial charge < -0.3 is 20.8 Å². The summed E-state index contributed by atoms with van der Waals surface area (Å²) in [4.78, 5) is 22.3. The highest BCUT2D eigenvalue weighted by atomic mass is 35.5. The Morgan fingerprint density at radius 2 is 2.11 bits per heavy atom. The Balaban J connectivity index is 2.57. The standard InChI is InChI=1S/C11H13ClN2O4/c12-7-2-1-3-8(6-7)13-11(18)14-9(4-5-15)10(16)17/h1-3,6,9,15H,4-5H2,(H,16,17)(H2,13,14,18)/t9-/m1/s1. The zero-order chi connectivity index (χ0) is 13.5. The molecular formula is C11H13ClN2O4. The Kier molecular flexibility index (Phi) is 5.41. The lowest BCUT2D eigenvalue weighted by molar-refractivity contribution is -0.139. The summed E-state index contributed by atoms with van der Waals surface area (Å²) >= 11 is 5.74. The van der Waals surface area contributed by atoms with E-state index in [1.807, 2.05) is 0 Å². The zero-order valence-corrected chi connectivity index (χ0v) is 10.1. The molecule has 0 bridgehead atoms. The number of hydrogen-bond donors (Lipinski definition) is 4. The van der Waals surface area contributed by atoms with Crippen molar-refractivity contribution < 1.29 is 19.8 Å². The molecule has 0 aliphatic rings. The van der Waals surface area contributed by atoms with Crippen LogP contribution >= 0.6 is 11.6 Å². The molecule has 1 aromatic rings. The summed E-state index contributed by atoms with van der Waals surface area (Å²) in [6.45, 7) is -0.325. The largest absolute Gasteiger partial charge is 0.480 e. The maximum atomic E-state index is 11.5. The molecule has 0 aliphatic carbocycles. The number of anilines is 1. The Morgan fingerprint density at radius 1 is 1.39 bits per heavy atom.